The van der Waals surface area contributed by atoms with Gasteiger partial charge in [0.25, 0.3) is 0 Å². The Morgan fingerprint density at radius 1 is 1.47 bits per heavy atom. The number of thiocarbonyl (C=S) groups is 1. The minimum Gasteiger partial charge on any atom is -0.392 e. The van der Waals surface area contributed by atoms with Crippen LogP contribution in [-0.4, -0.2) is 17.4 Å². The first-order valence-corrected chi connectivity index (χ1v) is 5.98. The van der Waals surface area contributed by atoms with Crippen LogP contribution in [0.4, 0.5) is 0 Å². The van der Waals surface area contributed by atoms with E-state index in [-0.39, 0.29) is 5.91 Å². The largest absolute Gasteiger partial charge is 0.392 e. The predicted octanol–water partition coefficient (Wildman–Crippen LogP) is 1.61. The summed E-state index contributed by atoms with van der Waals surface area (Å²) in [5, 5.41) is 2.94. The molecule has 1 aliphatic rings. The van der Waals surface area contributed by atoms with E-state index in [2.05, 4.69) is 19.2 Å². The molecule has 1 fully saturated rings. The SMILES string of the molecule is CC(C)CNC(=O)C1(C(N)=S)CCCC1. The molecule has 1 aliphatic carbocycles. The highest BCUT2D eigenvalue weighted by Crippen LogP contribution is 2.38. The van der Waals surface area contributed by atoms with Gasteiger partial charge in [-0.15, -0.1) is 0 Å². The molecule has 86 valence electrons. The lowest BCUT2D eigenvalue weighted by atomic mass is 9.85. The van der Waals surface area contributed by atoms with E-state index in [0.29, 0.717) is 17.5 Å². The highest BCUT2D eigenvalue weighted by Gasteiger charge is 2.43. The van der Waals surface area contributed by atoms with E-state index in [9.17, 15) is 4.79 Å². The van der Waals surface area contributed by atoms with Crippen molar-refractivity contribution in [1.82, 2.24) is 5.32 Å². The summed E-state index contributed by atoms with van der Waals surface area (Å²) >= 11 is 5.04. The molecular formula is C11H20N2OS. The number of amides is 1. The third kappa shape index (κ3) is 2.68. The van der Waals surface area contributed by atoms with Gasteiger partial charge in [-0.3, -0.25) is 4.79 Å². The summed E-state index contributed by atoms with van der Waals surface area (Å²) in [6, 6.07) is 0. The molecule has 0 atom stereocenters. The molecule has 0 bridgehead atoms. The fraction of sp³-hybridized carbons (Fsp3) is 0.818. The molecule has 0 aliphatic heterocycles. The Morgan fingerprint density at radius 3 is 2.40 bits per heavy atom. The molecule has 3 nitrogen and oxygen atoms in total. The molecule has 0 heterocycles. The second-order valence-corrected chi connectivity index (χ2v) is 5.20. The molecule has 0 radical (unpaired) electrons. The topological polar surface area (TPSA) is 55.1 Å². The predicted molar refractivity (Wildman–Crippen MR) is 65.5 cm³/mol. The first-order valence-electron chi connectivity index (χ1n) is 5.57. The second-order valence-electron chi connectivity index (χ2n) is 4.76. The van der Waals surface area contributed by atoms with Crippen LogP contribution in [0.15, 0.2) is 0 Å². The number of nitrogens with two attached hydrogens (primary N) is 1. The fourth-order valence-electron chi connectivity index (χ4n) is 2.03. The quantitative estimate of drug-likeness (QED) is 0.719. The Bertz CT molecular complexity index is 257. The van der Waals surface area contributed by atoms with E-state index in [1.807, 2.05) is 0 Å². The molecule has 0 unspecified atom stereocenters. The monoisotopic (exact) mass is 228 g/mol. The third-order valence-electron chi connectivity index (χ3n) is 3.03. The number of carbonyl (C=O) groups excluding carboxylic acids is 1. The van der Waals surface area contributed by atoms with Gasteiger partial charge in [0.15, 0.2) is 0 Å². The lowest BCUT2D eigenvalue weighted by molar-refractivity contribution is -0.127. The molecule has 0 aromatic rings. The van der Waals surface area contributed by atoms with Gasteiger partial charge in [0, 0.05) is 6.54 Å². The van der Waals surface area contributed by atoms with Crippen LogP contribution >= 0.6 is 12.2 Å². The molecule has 0 aromatic carbocycles. The van der Waals surface area contributed by atoms with E-state index < -0.39 is 5.41 Å². The fourth-order valence-corrected chi connectivity index (χ4v) is 2.33. The van der Waals surface area contributed by atoms with E-state index in [1.165, 1.54) is 0 Å². The Labute approximate surface area is 96.8 Å². The highest BCUT2D eigenvalue weighted by molar-refractivity contribution is 7.80. The zero-order chi connectivity index (χ0) is 11.5. The van der Waals surface area contributed by atoms with Crippen molar-refractivity contribution >= 4 is 23.1 Å². The van der Waals surface area contributed by atoms with Crippen LogP contribution in [0.3, 0.4) is 0 Å². The smallest absolute Gasteiger partial charge is 0.233 e. The summed E-state index contributed by atoms with van der Waals surface area (Å²) in [5.41, 5.74) is 5.16. The average Bonchev–Trinajstić information content (AvgIpc) is 2.63. The van der Waals surface area contributed by atoms with Gasteiger partial charge in [0.2, 0.25) is 5.91 Å². The number of hydrogen-bond acceptors (Lipinski definition) is 2. The van der Waals surface area contributed by atoms with Crippen LogP contribution < -0.4 is 11.1 Å². The van der Waals surface area contributed by atoms with Crippen molar-refractivity contribution in [3.8, 4) is 0 Å². The minimum absolute atomic E-state index is 0.0289. The van der Waals surface area contributed by atoms with Crippen molar-refractivity contribution in [2.45, 2.75) is 39.5 Å². The molecule has 1 amide bonds. The lowest BCUT2D eigenvalue weighted by Crippen LogP contribution is -2.48. The lowest BCUT2D eigenvalue weighted by Gasteiger charge is -2.26. The average molecular weight is 228 g/mol. The highest BCUT2D eigenvalue weighted by atomic mass is 32.1. The Balaban J connectivity index is 2.64. The van der Waals surface area contributed by atoms with E-state index in [4.69, 9.17) is 18.0 Å². The van der Waals surface area contributed by atoms with Gasteiger partial charge in [-0.1, -0.05) is 38.9 Å². The Kier molecular flexibility index (Phi) is 4.08. The van der Waals surface area contributed by atoms with Crippen LogP contribution in [0, 0.1) is 11.3 Å². The summed E-state index contributed by atoms with van der Waals surface area (Å²) in [7, 11) is 0. The summed E-state index contributed by atoms with van der Waals surface area (Å²) < 4.78 is 0. The first-order chi connectivity index (χ1) is 6.99. The van der Waals surface area contributed by atoms with Crippen molar-refractivity contribution in [3.05, 3.63) is 0 Å². The first kappa shape index (κ1) is 12.4. The van der Waals surface area contributed by atoms with Crippen molar-refractivity contribution in [1.29, 1.82) is 0 Å². The van der Waals surface area contributed by atoms with Gasteiger partial charge in [-0.25, -0.2) is 0 Å². The van der Waals surface area contributed by atoms with Crippen molar-refractivity contribution in [2.75, 3.05) is 6.54 Å². The van der Waals surface area contributed by atoms with Crippen molar-refractivity contribution in [3.63, 3.8) is 0 Å². The second kappa shape index (κ2) is 4.92. The van der Waals surface area contributed by atoms with Crippen molar-refractivity contribution in [2.24, 2.45) is 17.1 Å². The van der Waals surface area contributed by atoms with Gasteiger partial charge in [0.1, 0.15) is 0 Å². The third-order valence-corrected chi connectivity index (χ3v) is 3.43. The zero-order valence-corrected chi connectivity index (χ0v) is 10.3. The zero-order valence-electron chi connectivity index (χ0n) is 9.51. The van der Waals surface area contributed by atoms with Gasteiger partial charge < -0.3 is 11.1 Å². The van der Waals surface area contributed by atoms with Crippen LogP contribution in [0.1, 0.15) is 39.5 Å². The van der Waals surface area contributed by atoms with E-state index >= 15 is 0 Å². The van der Waals surface area contributed by atoms with Gasteiger partial charge in [-0.2, -0.15) is 0 Å². The summed E-state index contributed by atoms with van der Waals surface area (Å²) in [6.45, 7) is 4.84. The Hall–Kier alpha value is -0.640. The van der Waals surface area contributed by atoms with Gasteiger partial charge in [-0.05, 0) is 18.8 Å². The molecule has 0 saturated heterocycles. The van der Waals surface area contributed by atoms with E-state index in [0.717, 1.165) is 25.7 Å². The summed E-state index contributed by atoms with van der Waals surface area (Å²) in [4.78, 5) is 12.4. The van der Waals surface area contributed by atoms with Crippen LogP contribution in [-0.2, 0) is 4.79 Å². The summed E-state index contributed by atoms with van der Waals surface area (Å²) in [6.07, 6.45) is 3.72. The number of hydrogen-bond donors (Lipinski definition) is 2. The van der Waals surface area contributed by atoms with Gasteiger partial charge >= 0.3 is 0 Å². The maximum absolute atomic E-state index is 12.0. The van der Waals surface area contributed by atoms with Crippen LogP contribution in [0.5, 0.6) is 0 Å². The molecule has 0 spiro atoms. The standard InChI is InChI=1S/C11H20N2OS/c1-8(2)7-13-10(14)11(9(12)15)5-3-4-6-11/h8H,3-7H2,1-2H3,(H2,12,15)(H,13,14). The molecule has 0 aromatic heterocycles. The number of carbonyl (C=O) groups is 1. The summed E-state index contributed by atoms with van der Waals surface area (Å²) in [5.74, 6) is 0.486. The van der Waals surface area contributed by atoms with Crippen molar-refractivity contribution < 1.29 is 4.79 Å². The maximum Gasteiger partial charge on any atom is 0.233 e. The normalized spacial score (nSPS) is 19.1. The molecule has 1 rings (SSSR count). The van der Waals surface area contributed by atoms with E-state index in [1.54, 1.807) is 0 Å². The molecule has 1 saturated carbocycles. The van der Waals surface area contributed by atoms with Crippen LogP contribution in [0.25, 0.3) is 0 Å². The maximum atomic E-state index is 12.0. The molecule has 3 N–H and O–H groups in total. The van der Waals surface area contributed by atoms with Gasteiger partial charge in [0.05, 0.1) is 10.4 Å². The molecular weight excluding hydrogens is 208 g/mol. The molecule has 4 heteroatoms. The molecule has 15 heavy (non-hydrogen) atoms. The number of rotatable bonds is 4. The number of nitrogens with one attached hydrogen (secondary N) is 1. The minimum atomic E-state index is -0.551. The Morgan fingerprint density at radius 2 is 2.00 bits per heavy atom. The van der Waals surface area contributed by atoms with Crippen LogP contribution in [0.2, 0.25) is 0 Å².